The zero-order chi connectivity index (χ0) is 17.3. The maximum absolute atomic E-state index is 5.44. The Kier molecular flexibility index (Phi) is 4.02. The van der Waals surface area contributed by atoms with Gasteiger partial charge in [-0.05, 0) is 48.4 Å². The van der Waals surface area contributed by atoms with Crippen LogP contribution >= 0.6 is 0 Å². The molecule has 5 heteroatoms. The molecule has 26 heavy (non-hydrogen) atoms. The molecule has 2 aromatic rings. The highest BCUT2D eigenvalue weighted by Gasteiger charge is 2.19. The summed E-state index contributed by atoms with van der Waals surface area (Å²) in [5.74, 6) is 0. The number of hydrogen-bond donors (Lipinski definition) is 0. The van der Waals surface area contributed by atoms with Crippen LogP contribution in [0.1, 0.15) is 11.3 Å². The number of aromatic nitrogens is 2. The number of morpholine rings is 1. The molecule has 5 rings (SSSR count). The van der Waals surface area contributed by atoms with Crippen molar-refractivity contribution in [3.05, 3.63) is 65.6 Å². The van der Waals surface area contributed by atoms with Gasteiger partial charge in [-0.15, -0.1) is 0 Å². The van der Waals surface area contributed by atoms with Crippen LogP contribution in [0.4, 0.5) is 5.69 Å². The molecule has 0 N–H and O–H groups in total. The van der Waals surface area contributed by atoms with Crippen molar-refractivity contribution in [3.8, 4) is 5.69 Å². The molecule has 3 aliphatic rings. The van der Waals surface area contributed by atoms with E-state index in [1.165, 1.54) is 22.6 Å². The zero-order valence-electron chi connectivity index (χ0n) is 15.0. The first-order chi connectivity index (χ1) is 12.9. The van der Waals surface area contributed by atoms with Gasteiger partial charge in [-0.2, -0.15) is 5.10 Å². The van der Waals surface area contributed by atoms with E-state index in [-0.39, 0.29) is 0 Å². The Morgan fingerprint density at radius 3 is 2.31 bits per heavy atom. The van der Waals surface area contributed by atoms with Crippen LogP contribution in [0.2, 0.25) is 0 Å². The highest BCUT2D eigenvalue weighted by atomic mass is 16.5. The lowest BCUT2D eigenvalue weighted by Gasteiger charge is -2.28. The molecule has 1 aromatic carbocycles. The average Bonchev–Trinajstić information content (AvgIpc) is 2.97. The largest absolute Gasteiger partial charge is 0.378 e. The van der Waals surface area contributed by atoms with Crippen molar-refractivity contribution in [2.24, 2.45) is 0 Å². The molecule has 134 valence electrons. The number of ether oxygens (including phenoxy) is 1. The molecule has 0 bridgehead atoms. The van der Waals surface area contributed by atoms with Gasteiger partial charge in [0.05, 0.1) is 24.6 Å². The Bertz CT molecular complexity index is 818. The third-order valence-corrected chi connectivity index (χ3v) is 5.54. The number of nitrogens with zero attached hydrogens (tertiary/aromatic N) is 4. The van der Waals surface area contributed by atoms with Crippen LogP contribution in [0.3, 0.4) is 0 Å². The minimum Gasteiger partial charge on any atom is -0.378 e. The van der Waals surface area contributed by atoms with Crippen molar-refractivity contribution >= 4 is 5.69 Å². The fourth-order valence-corrected chi connectivity index (χ4v) is 3.89. The van der Waals surface area contributed by atoms with E-state index < -0.39 is 0 Å². The Labute approximate surface area is 154 Å². The third-order valence-electron chi connectivity index (χ3n) is 5.54. The maximum atomic E-state index is 5.44. The molecule has 0 radical (unpaired) electrons. The average molecular weight is 348 g/mol. The Hall–Kier alpha value is -2.53. The van der Waals surface area contributed by atoms with Crippen molar-refractivity contribution in [3.63, 3.8) is 0 Å². The summed E-state index contributed by atoms with van der Waals surface area (Å²) < 4.78 is 7.49. The van der Waals surface area contributed by atoms with Gasteiger partial charge in [-0.25, -0.2) is 4.68 Å². The molecule has 5 nitrogen and oxygen atoms in total. The van der Waals surface area contributed by atoms with E-state index in [1.54, 1.807) is 0 Å². The minimum absolute atomic E-state index is 0.817. The minimum atomic E-state index is 0.817. The monoisotopic (exact) mass is 348 g/mol. The van der Waals surface area contributed by atoms with Gasteiger partial charge in [0, 0.05) is 50.2 Å². The molecule has 3 heterocycles. The van der Waals surface area contributed by atoms with Gasteiger partial charge >= 0.3 is 0 Å². The third kappa shape index (κ3) is 2.92. The first-order valence-corrected chi connectivity index (χ1v) is 9.51. The lowest BCUT2D eigenvalue weighted by atomic mass is 10.1. The normalized spacial score (nSPS) is 19.6. The van der Waals surface area contributed by atoms with Crippen LogP contribution in [0.5, 0.6) is 0 Å². The molecular weight excluding hydrogens is 324 g/mol. The molecule has 0 amide bonds. The Morgan fingerprint density at radius 1 is 0.846 bits per heavy atom. The van der Waals surface area contributed by atoms with Gasteiger partial charge in [0.15, 0.2) is 0 Å². The van der Waals surface area contributed by atoms with Crippen LogP contribution in [0, 0.1) is 0 Å². The smallest absolute Gasteiger partial charge is 0.0679 e. The van der Waals surface area contributed by atoms with E-state index in [0.717, 1.165) is 57.9 Å². The molecule has 0 atom stereocenters. The van der Waals surface area contributed by atoms with Gasteiger partial charge in [-0.3, -0.25) is 0 Å². The predicted molar refractivity (Wildman–Crippen MR) is 103 cm³/mol. The number of benzene rings is 1. The summed E-state index contributed by atoms with van der Waals surface area (Å²) in [4.78, 5) is 4.84. The lowest BCUT2D eigenvalue weighted by molar-refractivity contribution is 0.122. The number of hydrogen-bond acceptors (Lipinski definition) is 4. The van der Waals surface area contributed by atoms with Crippen LogP contribution < -0.4 is 4.90 Å². The van der Waals surface area contributed by atoms with Crippen molar-refractivity contribution in [2.45, 2.75) is 12.8 Å². The van der Waals surface area contributed by atoms with Gasteiger partial charge in [0.25, 0.3) is 0 Å². The topological polar surface area (TPSA) is 33.5 Å². The summed E-state index contributed by atoms with van der Waals surface area (Å²) in [5, 5.41) is 4.88. The highest BCUT2D eigenvalue weighted by molar-refractivity contribution is 5.51. The van der Waals surface area contributed by atoms with Gasteiger partial charge in [0.1, 0.15) is 0 Å². The van der Waals surface area contributed by atoms with Crippen LogP contribution in [0.25, 0.3) is 5.69 Å². The first-order valence-electron chi connectivity index (χ1n) is 9.51. The van der Waals surface area contributed by atoms with E-state index in [0.29, 0.717) is 0 Å². The van der Waals surface area contributed by atoms with E-state index in [9.17, 15) is 0 Å². The number of fused-ring (bicyclic) bond motifs is 1. The predicted octanol–water partition coefficient (Wildman–Crippen LogP) is 2.56. The molecule has 1 aliphatic carbocycles. The summed E-state index contributed by atoms with van der Waals surface area (Å²) in [7, 11) is 0. The molecule has 0 spiro atoms. The van der Waals surface area contributed by atoms with Crippen LogP contribution in [0.15, 0.2) is 54.4 Å². The van der Waals surface area contributed by atoms with Crippen molar-refractivity contribution in [1.29, 1.82) is 0 Å². The van der Waals surface area contributed by atoms with E-state index in [2.05, 4.69) is 58.5 Å². The summed E-state index contributed by atoms with van der Waals surface area (Å²) in [6, 6.07) is 8.75. The van der Waals surface area contributed by atoms with Crippen LogP contribution in [-0.4, -0.2) is 54.1 Å². The summed E-state index contributed by atoms with van der Waals surface area (Å²) in [5.41, 5.74) is 6.39. The second kappa shape index (κ2) is 6.65. The highest BCUT2D eigenvalue weighted by Crippen LogP contribution is 2.23. The van der Waals surface area contributed by atoms with Gasteiger partial charge in [-0.1, -0.05) is 6.08 Å². The standard InChI is InChI=1S/C21H24N4O/c1-2-18(3-1)23-10-8-17-16-25(22-21(17)9-11-23)20-6-4-19(5-7-20)24-12-14-26-15-13-24/h1-7,16H,8-15H2. The van der Waals surface area contributed by atoms with E-state index >= 15 is 0 Å². The molecule has 1 fully saturated rings. The first kappa shape index (κ1) is 15.7. The summed E-state index contributed by atoms with van der Waals surface area (Å²) >= 11 is 0. The molecule has 1 aromatic heterocycles. The number of anilines is 1. The maximum Gasteiger partial charge on any atom is 0.0679 e. The van der Waals surface area contributed by atoms with E-state index in [1.807, 2.05) is 4.68 Å². The second-order valence-electron chi connectivity index (χ2n) is 7.10. The Balaban J connectivity index is 1.31. The van der Waals surface area contributed by atoms with Crippen LogP contribution in [-0.2, 0) is 17.6 Å². The van der Waals surface area contributed by atoms with Gasteiger partial charge in [0.2, 0.25) is 0 Å². The molecule has 0 unspecified atom stereocenters. The second-order valence-corrected chi connectivity index (χ2v) is 7.10. The molecule has 0 saturated carbocycles. The Morgan fingerprint density at radius 2 is 1.58 bits per heavy atom. The molecular formula is C21H24N4O. The number of rotatable bonds is 3. The van der Waals surface area contributed by atoms with Crippen molar-refractivity contribution in [1.82, 2.24) is 14.7 Å². The fourth-order valence-electron chi connectivity index (χ4n) is 3.89. The fraction of sp³-hybridized carbons (Fsp3) is 0.381. The molecule has 2 aliphatic heterocycles. The lowest BCUT2D eigenvalue weighted by Crippen LogP contribution is -2.36. The van der Waals surface area contributed by atoms with Crippen molar-refractivity contribution in [2.75, 3.05) is 44.3 Å². The SMILES string of the molecule is C1=CC(N2CCc3cn(-c4ccc(N5CCOCC5)cc4)nc3CC2)=C1. The van der Waals surface area contributed by atoms with E-state index in [4.69, 9.17) is 9.84 Å². The number of allylic oxidation sites excluding steroid dienone is 3. The van der Waals surface area contributed by atoms with Crippen molar-refractivity contribution < 1.29 is 4.74 Å². The summed E-state index contributed by atoms with van der Waals surface area (Å²) in [6.07, 6.45) is 10.8. The molecule has 1 saturated heterocycles. The quantitative estimate of drug-likeness (QED) is 0.854. The zero-order valence-corrected chi connectivity index (χ0v) is 15.0. The van der Waals surface area contributed by atoms with Gasteiger partial charge < -0.3 is 14.5 Å². The summed E-state index contributed by atoms with van der Waals surface area (Å²) in [6.45, 7) is 5.70.